The summed E-state index contributed by atoms with van der Waals surface area (Å²) in [7, 11) is 0. The molecule has 1 aromatic rings. The maximum Gasteiger partial charge on any atom is 0.308 e. The minimum Gasteiger partial charge on any atom is -0.481 e. The average Bonchev–Trinajstić information content (AvgIpc) is 2.89. The van der Waals surface area contributed by atoms with Gasteiger partial charge in [-0.15, -0.1) is 11.3 Å². The molecule has 0 bridgehead atoms. The Hall–Kier alpha value is -1.36. The van der Waals surface area contributed by atoms with Crippen LogP contribution in [-0.4, -0.2) is 35.0 Å². The molecular formula is C16H21NO3S. The summed E-state index contributed by atoms with van der Waals surface area (Å²) in [6, 6.07) is 2.04. The molecule has 21 heavy (non-hydrogen) atoms. The third-order valence-electron chi connectivity index (χ3n) is 4.60. The minimum absolute atomic E-state index is 0.0213. The molecule has 3 rings (SSSR count). The fraction of sp³-hybridized carbons (Fsp3) is 0.625. The molecule has 1 aliphatic carbocycles. The number of likely N-dealkylation sites (tertiary alicyclic amines) is 1. The highest BCUT2D eigenvalue weighted by atomic mass is 32.1. The molecule has 0 saturated carbocycles. The number of thiophene rings is 1. The van der Waals surface area contributed by atoms with Crippen molar-refractivity contribution in [1.82, 2.24) is 4.90 Å². The van der Waals surface area contributed by atoms with Gasteiger partial charge in [0.25, 0.3) is 5.91 Å². The largest absolute Gasteiger partial charge is 0.481 e. The van der Waals surface area contributed by atoms with Gasteiger partial charge in [0.1, 0.15) is 0 Å². The van der Waals surface area contributed by atoms with Crippen LogP contribution in [0.15, 0.2) is 6.07 Å². The Labute approximate surface area is 128 Å². The highest BCUT2D eigenvalue weighted by molar-refractivity contribution is 7.14. The zero-order valence-corrected chi connectivity index (χ0v) is 13.1. The number of piperidine rings is 1. The molecule has 1 saturated heterocycles. The zero-order chi connectivity index (χ0) is 15.0. The van der Waals surface area contributed by atoms with E-state index in [0.29, 0.717) is 25.4 Å². The van der Waals surface area contributed by atoms with Gasteiger partial charge in [0, 0.05) is 18.0 Å². The minimum atomic E-state index is -0.785. The maximum atomic E-state index is 12.6. The smallest absolute Gasteiger partial charge is 0.308 e. The molecule has 1 aliphatic heterocycles. The van der Waals surface area contributed by atoms with Crippen molar-refractivity contribution in [3.8, 4) is 0 Å². The lowest BCUT2D eigenvalue weighted by Crippen LogP contribution is -2.42. The number of carboxylic acid groups (broad SMARTS) is 1. The molecule has 0 spiro atoms. The fourth-order valence-corrected chi connectivity index (χ4v) is 4.51. The molecule has 1 amide bonds. The van der Waals surface area contributed by atoms with E-state index < -0.39 is 11.9 Å². The van der Waals surface area contributed by atoms with Gasteiger partial charge in [-0.05, 0) is 49.7 Å². The summed E-state index contributed by atoms with van der Waals surface area (Å²) in [5.74, 6) is -0.474. The molecule has 1 N–H and O–H groups in total. The highest BCUT2D eigenvalue weighted by Gasteiger charge is 2.30. The SMILES string of the molecule is CC1CCc2sc(C(=O)N3CCC[C@H](C(=O)O)C3)cc2C1. The first-order valence-corrected chi connectivity index (χ1v) is 8.50. The van der Waals surface area contributed by atoms with Crippen molar-refractivity contribution < 1.29 is 14.7 Å². The van der Waals surface area contributed by atoms with Crippen LogP contribution >= 0.6 is 11.3 Å². The van der Waals surface area contributed by atoms with E-state index in [9.17, 15) is 9.59 Å². The van der Waals surface area contributed by atoms with Gasteiger partial charge < -0.3 is 10.0 Å². The summed E-state index contributed by atoms with van der Waals surface area (Å²) in [6.07, 6.45) is 4.80. The Balaban J connectivity index is 1.74. The summed E-state index contributed by atoms with van der Waals surface area (Å²) < 4.78 is 0. The van der Waals surface area contributed by atoms with E-state index in [0.717, 1.165) is 24.1 Å². The standard InChI is InChI=1S/C16H21NO3S/c1-10-4-5-13-12(7-10)8-14(21-13)15(18)17-6-2-3-11(9-17)16(19)20/h8,10-11H,2-7,9H2,1H3,(H,19,20)/t10?,11-/m0/s1. The lowest BCUT2D eigenvalue weighted by Gasteiger charge is -2.30. The van der Waals surface area contributed by atoms with Crippen LogP contribution in [0.1, 0.15) is 46.3 Å². The Bertz CT molecular complexity index is 566. The lowest BCUT2D eigenvalue weighted by atomic mass is 9.90. The maximum absolute atomic E-state index is 12.6. The molecule has 5 heteroatoms. The van der Waals surface area contributed by atoms with Crippen LogP contribution in [0.25, 0.3) is 0 Å². The van der Waals surface area contributed by atoms with Gasteiger partial charge in [0.15, 0.2) is 0 Å². The van der Waals surface area contributed by atoms with Crippen molar-refractivity contribution in [2.24, 2.45) is 11.8 Å². The van der Waals surface area contributed by atoms with E-state index in [1.54, 1.807) is 16.2 Å². The summed E-state index contributed by atoms with van der Waals surface area (Å²) >= 11 is 1.61. The number of carbonyl (C=O) groups excluding carboxylic acids is 1. The van der Waals surface area contributed by atoms with Crippen molar-refractivity contribution >= 4 is 23.2 Å². The molecule has 1 unspecified atom stereocenters. The topological polar surface area (TPSA) is 57.6 Å². The summed E-state index contributed by atoms with van der Waals surface area (Å²) in [5.41, 5.74) is 1.33. The van der Waals surface area contributed by atoms with E-state index in [2.05, 4.69) is 6.92 Å². The van der Waals surface area contributed by atoms with Crippen molar-refractivity contribution in [1.29, 1.82) is 0 Å². The third-order valence-corrected chi connectivity index (χ3v) is 5.82. The first-order valence-electron chi connectivity index (χ1n) is 7.68. The van der Waals surface area contributed by atoms with Crippen molar-refractivity contribution in [2.75, 3.05) is 13.1 Å². The molecule has 114 valence electrons. The monoisotopic (exact) mass is 307 g/mol. The Morgan fingerprint density at radius 2 is 2.19 bits per heavy atom. The predicted molar refractivity (Wildman–Crippen MR) is 81.8 cm³/mol. The normalized spacial score (nSPS) is 25.5. The number of amides is 1. The first-order chi connectivity index (χ1) is 10.0. The fourth-order valence-electron chi connectivity index (χ4n) is 3.33. The van der Waals surface area contributed by atoms with Crippen LogP contribution in [0.2, 0.25) is 0 Å². The van der Waals surface area contributed by atoms with Crippen molar-refractivity contribution in [3.63, 3.8) is 0 Å². The number of aryl methyl sites for hydroxylation is 1. The molecule has 4 nitrogen and oxygen atoms in total. The zero-order valence-electron chi connectivity index (χ0n) is 12.3. The van der Waals surface area contributed by atoms with E-state index in [1.165, 1.54) is 16.9 Å². The molecular weight excluding hydrogens is 286 g/mol. The van der Waals surface area contributed by atoms with Gasteiger partial charge in [0.2, 0.25) is 0 Å². The highest BCUT2D eigenvalue weighted by Crippen LogP contribution is 2.33. The van der Waals surface area contributed by atoms with Gasteiger partial charge in [-0.2, -0.15) is 0 Å². The average molecular weight is 307 g/mol. The molecule has 2 aliphatic rings. The van der Waals surface area contributed by atoms with Crippen LogP contribution in [0.3, 0.4) is 0 Å². The molecule has 1 fully saturated rings. The lowest BCUT2D eigenvalue weighted by molar-refractivity contribution is -0.143. The molecule has 0 aromatic carbocycles. The molecule has 2 heterocycles. The number of fused-ring (bicyclic) bond motifs is 1. The number of carbonyl (C=O) groups is 2. The Morgan fingerprint density at radius 3 is 2.95 bits per heavy atom. The molecule has 0 radical (unpaired) electrons. The predicted octanol–water partition coefficient (Wildman–Crippen LogP) is 2.81. The number of rotatable bonds is 2. The number of hydrogen-bond donors (Lipinski definition) is 1. The van der Waals surface area contributed by atoms with Crippen LogP contribution in [0.5, 0.6) is 0 Å². The van der Waals surface area contributed by atoms with E-state index in [1.807, 2.05) is 6.07 Å². The second-order valence-electron chi connectivity index (χ2n) is 6.34. The second kappa shape index (κ2) is 5.79. The number of hydrogen-bond acceptors (Lipinski definition) is 3. The van der Waals surface area contributed by atoms with Gasteiger partial charge >= 0.3 is 5.97 Å². The van der Waals surface area contributed by atoms with E-state index >= 15 is 0 Å². The Kier molecular flexibility index (Phi) is 4.02. The summed E-state index contributed by atoms with van der Waals surface area (Å²) in [6.45, 7) is 3.29. The van der Waals surface area contributed by atoms with E-state index in [4.69, 9.17) is 5.11 Å². The van der Waals surface area contributed by atoms with Crippen LogP contribution in [0, 0.1) is 11.8 Å². The quantitative estimate of drug-likeness (QED) is 0.914. The first kappa shape index (κ1) is 14.6. The van der Waals surface area contributed by atoms with Gasteiger partial charge in [-0.25, -0.2) is 0 Å². The Morgan fingerprint density at radius 1 is 1.38 bits per heavy atom. The summed E-state index contributed by atoms with van der Waals surface area (Å²) in [4.78, 5) is 27.6. The van der Waals surface area contributed by atoms with Crippen molar-refractivity contribution in [3.05, 3.63) is 21.4 Å². The van der Waals surface area contributed by atoms with Gasteiger partial charge in [-0.3, -0.25) is 9.59 Å². The van der Waals surface area contributed by atoms with Gasteiger partial charge in [-0.1, -0.05) is 6.92 Å². The number of carboxylic acids is 1. The van der Waals surface area contributed by atoms with Crippen LogP contribution in [-0.2, 0) is 17.6 Å². The second-order valence-corrected chi connectivity index (χ2v) is 7.47. The van der Waals surface area contributed by atoms with Crippen LogP contribution < -0.4 is 0 Å². The molecule has 1 aromatic heterocycles. The third kappa shape index (κ3) is 2.98. The number of nitrogens with zero attached hydrogens (tertiary/aromatic N) is 1. The van der Waals surface area contributed by atoms with Crippen molar-refractivity contribution in [2.45, 2.75) is 39.0 Å². The molecule has 2 atom stereocenters. The van der Waals surface area contributed by atoms with E-state index in [-0.39, 0.29) is 5.91 Å². The van der Waals surface area contributed by atoms with Gasteiger partial charge in [0.05, 0.1) is 10.8 Å². The number of aliphatic carboxylic acids is 1. The summed E-state index contributed by atoms with van der Waals surface area (Å²) in [5, 5.41) is 9.13. The van der Waals surface area contributed by atoms with Crippen LogP contribution in [0.4, 0.5) is 0 Å².